The number of hydrazine groups is 1. The maximum Gasteiger partial charge on any atom is 0.0382 e. The molecule has 0 aliphatic heterocycles. The quantitative estimate of drug-likeness (QED) is 0.142. The van der Waals surface area contributed by atoms with Crippen LogP contribution >= 0.6 is 0 Å². The standard InChI is InChI=1S/C28H60N2/c1-8-14-20-26(7,21-15-9-2)27(22-16-10-3,23-17-11-4)28(30-29,24-18-12-5)25-19-13-6/h30H,8-25,29H2,1-7H3. The maximum atomic E-state index is 6.62. The summed E-state index contributed by atoms with van der Waals surface area (Å²) in [6, 6.07) is 0. The zero-order valence-corrected chi connectivity index (χ0v) is 22.3. The van der Waals surface area contributed by atoms with E-state index in [0.29, 0.717) is 5.41 Å². The molecule has 0 aromatic carbocycles. The van der Waals surface area contributed by atoms with Crippen molar-refractivity contribution in [2.24, 2.45) is 16.7 Å². The van der Waals surface area contributed by atoms with Crippen LogP contribution in [0.5, 0.6) is 0 Å². The van der Waals surface area contributed by atoms with Gasteiger partial charge in [0.15, 0.2) is 0 Å². The van der Waals surface area contributed by atoms with Crippen LogP contribution in [0.1, 0.15) is 164 Å². The van der Waals surface area contributed by atoms with Crippen LogP contribution in [-0.4, -0.2) is 5.54 Å². The first-order chi connectivity index (χ1) is 14.4. The molecule has 0 unspecified atom stereocenters. The third kappa shape index (κ3) is 7.80. The molecule has 0 fully saturated rings. The van der Waals surface area contributed by atoms with Crippen molar-refractivity contribution in [1.29, 1.82) is 0 Å². The van der Waals surface area contributed by atoms with E-state index in [1.807, 2.05) is 0 Å². The van der Waals surface area contributed by atoms with Gasteiger partial charge in [-0.3, -0.25) is 11.3 Å². The van der Waals surface area contributed by atoms with Crippen molar-refractivity contribution in [2.45, 2.75) is 170 Å². The normalized spacial score (nSPS) is 13.2. The SMILES string of the molecule is CCCCC(C)(CCCC)C(CCCC)(CCCC)C(CCCC)(CCCC)NN. The predicted molar refractivity (Wildman–Crippen MR) is 138 cm³/mol. The van der Waals surface area contributed by atoms with Crippen molar-refractivity contribution in [3.8, 4) is 0 Å². The summed E-state index contributed by atoms with van der Waals surface area (Å²) in [6.45, 7) is 16.8. The summed E-state index contributed by atoms with van der Waals surface area (Å²) in [6.07, 6.45) is 23.5. The van der Waals surface area contributed by atoms with E-state index in [-0.39, 0.29) is 11.0 Å². The van der Waals surface area contributed by atoms with Crippen molar-refractivity contribution in [2.75, 3.05) is 0 Å². The van der Waals surface area contributed by atoms with Crippen LogP contribution in [0.4, 0.5) is 0 Å². The van der Waals surface area contributed by atoms with Gasteiger partial charge in [-0.15, -0.1) is 0 Å². The van der Waals surface area contributed by atoms with Gasteiger partial charge in [0.2, 0.25) is 0 Å². The Bertz CT molecular complexity index is 366. The Hall–Kier alpha value is -0.0800. The first kappa shape index (κ1) is 29.9. The molecule has 0 aliphatic carbocycles. The minimum absolute atomic E-state index is 0.0690. The molecule has 0 saturated carbocycles. The van der Waals surface area contributed by atoms with E-state index in [1.165, 1.54) is 116 Å². The van der Waals surface area contributed by atoms with E-state index in [4.69, 9.17) is 5.84 Å². The second-order valence-electron chi connectivity index (χ2n) is 10.5. The van der Waals surface area contributed by atoms with E-state index < -0.39 is 0 Å². The van der Waals surface area contributed by atoms with Crippen molar-refractivity contribution < 1.29 is 0 Å². The molecule has 30 heavy (non-hydrogen) atoms. The first-order valence-electron chi connectivity index (χ1n) is 13.9. The molecule has 0 radical (unpaired) electrons. The molecule has 0 amide bonds. The summed E-state index contributed by atoms with van der Waals surface area (Å²) in [5.41, 5.74) is 4.32. The fraction of sp³-hybridized carbons (Fsp3) is 1.00. The highest BCUT2D eigenvalue weighted by molar-refractivity contribution is 5.11. The number of hydrogen-bond donors (Lipinski definition) is 2. The average molecular weight is 425 g/mol. The van der Waals surface area contributed by atoms with Crippen LogP contribution in [0.25, 0.3) is 0 Å². The molecule has 0 atom stereocenters. The van der Waals surface area contributed by atoms with Crippen LogP contribution in [0.3, 0.4) is 0 Å². The third-order valence-corrected chi connectivity index (χ3v) is 8.34. The van der Waals surface area contributed by atoms with Crippen molar-refractivity contribution >= 4 is 0 Å². The summed E-state index contributed by atoms with van der Waals surface area (Å²) in [7, 11) is 0. The Morgan fingerprint density at radius 1 is 0.500 bits per heavy atom. The molecule has 2 nitrogen and oxygen atoms in total. The van der Waals surface area contributed by atoms with Crippen LogP contribution in [0.15, 0.2) is 0 Å². The highest BCUT2D eigenvalue weighted by atomic mass is 15.3. The number of unbranched alkanes of at least 4 members (excludes halogenated alkanes) is 6. The minimum Gasteiger partial charge on any atom is -0.271 e. The molecule has 0 bridgehead atoms. The molecule has 0 heterocycles. The van der Waals surface area contributed by atoms with Gasteiger partial charge in [0.25, 0.3) is 0 Å². The highest BCUT2D eigenvalue weighted by Crippen LogP contribution is 2.61. The Labute approximate surface area is 191 Å². The maximum absolute atomic E-state index is 6.62. The fourth-order valence-electron chi connectivity index (χ4n) is 6.32. The van der Waals surface area contributed by atoms with Gasteiger partial charge < -0.3 is 0 Å². The van der Waals surface area contributed by atoms with Crippen LogP contribution in [-0.2, 0) is 0 Å². The average Bonchev–Trinajstić information content (AvgIpc) is 2.77. The number of nitrogens with one attached hydrogen (secondary N) is 1. The second kappa shape index (κ2) is 16.5. The smallest absolute Gasteiger partial charge is 0.0382 e. The lowest BCUT2D eigenvalue weighted by Crippen LogP contribution is -2.66. The Morgan fingerprint density at radius 2 is 0.800 bits per heavy atom. The van der Waals surface area contributed by atoms with Crippen molar-refractivity contribution in [1.82, 2.24) is 5.43 Å². The van der Waals surface area contributed by atoms with E-state index in [1.54, 1.807) is 0 Å². The summed E-state index contributed by atoms with van der Waals surface area (Å²) >= 11 is 0. The topological polar surface area (TPSA) is 38.0 Å². The van der Waals surface area contributed by atoms with Gasteiger partial charge in [0, 0.05) is 5.54 Å². The minimum atomic E-state index is 0.0690. The number of nitrogens with two attached hydrogens (primary N) is 1. The van der Waals surface area contributed by atoms with Crippen molar-refractivity contribution in [3.05, 3.63) is 0 Å². The van der Waals surface area contributed by atoms with Gasteiger partial charge in [0.05, 0.1) is 0 Å². The summed E-state index contributed by atoms with van der Waals surface area (Å²) in [5.74, 6) is 6.62. The number of hydrogen-bond acceptors (Lipinski definition) is 2. The van der Waals surface area contributed by atoms with Gasteiger partial charge in [-0.25, -0.2) is 0 Å². The molecular weight excluding hydrogens is 364 g/mol. The molecule has 0 spiro atoms. The molecule has 0 aliphatic rings. The van der Waals surface area contributed by atoms with Crippen LogP contribution < -0.4 is 11.3 Å². The monoisotopic (exact) mass is 424 g/mol. The number of rotatable bonds is 21. The van der Waals surface area contributed by atoms with E-state index in [2.05, 4.69) is 53.9 Å². The molecule has 0 aromatic heterocycles. The van der Waals surface area contributed by atoms with E-state index in [0.717, 1.165) is 0 Å². The summed E-state index contributed by atoms with van der Waals surface area (Å²) in [4.78, 5) is 0. The van der Waals surface area contributed by atoms with Gasteiger partial charge >= 0.3 is 0 Å². The summed E-state index contributed by atoms with van der Waals surface area (Å²) in [5, 5.41) is 0. The molecule has 0 rings (SSSR count). The predicted octanol–water partition coefficient (Wildman–Crippen LogP) is 9.32. The first-order valence-corrected chi connectivity index (χ1v) is 13.9. The second-order valence-corrected chi connectivity index (χ2v) is 10.5. The molecule has 2 heteroatoms. The zero-order chi connectivity index (χ0) is 22.9. The largest absolute Gasteiger partial charge is 0.271 e. The highest BCUT2D eigenvalue weighted by Gasteiger charge is 2.57. The molecule has 0 saturated heterocycles. The van der Waals surface area contributed by atoms with Gasteiger partial charge in [-0.1, -0.05) is 126 Å². The van der Waals surface area contributed by atoms with E-state index >= 15 is 0 Å². The van der Waals surface area contributed by atoms with Gasteiger partial charge in [0.1, 0.15) is 0 Å². The Balaban J connectivity index is 6.68. The zero-order valence-electron chi connectivity index (χ0n) is 22.3. The van der Waals surface area contributed by atoms with E-state index in [9.17, 15) is 0 Å². The van der Waals surface area contributed by atoms with Gasteiger partial charge in [-0.05, 0) is 49.4 Å². The fourth-order valence-corrected chi connectivity index (χ4v) is 6.32. The van der Waals surface area contributed by atoms with Crippen LogP contribution in [0.2, 0.25) is 0 Å². The molecule has 182 valence electrons. The lowest BCUT2D eigenvalue weighted by Gasteiger charge is -2.61. The molecule has 3 N–H and O–H groups in total. The Morgan fingerprint density at radius 3 is 1.10 bits per heavy atom. The molecular formula is C28H60N2. The van der Waals surface area contributed by atoms with Crippen LogP contribution in [0, 0.1) is 10.8 Å². The lowest BCUT2D eigenvalue weighted by molar-refractivity contribution is -0.0890. The lowest BCUT2D eigenvalue weighted by atomic mass is 9.46. The third-order valence-electron chi connectivity index (χ3n) is 8.34. The Kier molecular flexibility index (Phi) is 16.5. The molecule has 0 aromatic rings. The summed E-state index contributed by atoms with van der Waals surface area (Å²) < 4.78 is 0. The van der Waals surface area contributed by atoms with Gasteiger partial charge in [-0.2, -0.15) is 0 Å². The van der Waals surface area contributed by atoms with Crippen molar-refractivity contribution in [3.63, 3.8) is 0 Å².